The Morgan fingerprint density at radius 1 is 0.952 bits per heavy atom. The van der Waals surface area contributed by atoms with Crippen LogP contribution < -0.4 is 4.74 Å². The Balaban J connectivity index is 2.09. The van der Waals surface area contributed by atoms with E-state index in [1.807, 2.05) is 25.1 Å². The van der Waals surface area contributed by atoms with Crippen LogP contribution in [0, 0.1) is 0 Å². The summed E-state index contributed by atoms with van der Waals surface area (Å²) in [5.41, 5.74) is 4.59. The van der Waals surface area contributed by atoms with Gasteiger partial charge in [0, 0.05) is 16.6 Å². The molecule has 2 nitrogen and oxygen atoms in total. The fraction of sp³-hybridized carbons (Fsp3) is 0.211. The molecule has 0 fully saturated rings. The van der Waals surface area contributed by atoms with E-state index < -0.39 is 0 Å². The summed E-state index contributed by atoms with van der Waals surface area (Å²) in [6, 6.07) is 18.8. The molecular formula is C19H19NO. The third kappa shape index (κ3) is 2.75. The van der Waals surface area contributed by atoms with E-state index in [9.17, 15) is 0 Å². The minimum atomic E-state index is 0.692. The maximum Gasteiger partial charge on any atom is 0.119 e. The Morgan fingerprint density at radius 2 is 1.71 bits per heavy atom. The third-order valence-electron chi connectivity index (χ3n) is 3.61. The van der Waals surface area contributed by atoms with E-state index in [0.29, 0.717) is 6.61 Å². The molecular weight excluding hydrogens is 258 g/mol. The van der Waals surface area contributed by atoms with Crippen molar-refractivity contribution < 1.29 is 4.74 Å². The molecule has 0 unspecified atom stereocenters. The van der Waals surface area contributed by atoms with Crippen molar-refractivity contribution in [2.24, 2.45) is 0 Å². The topological polar surface area (TPSA) is 22.1 Å². The largest absolute Gasteiger partial charge is 0.494 e. The summed E-state index contributed by atoms with van der Waals surface area (Å²) >= 11 is 0. The van der Waals surface area contributed by atoms with Crippen LogP contribution in [0.3, 0.4) is 0 Å². The standard InChI is InChI=1S/C19H19NO/c1-3-18-17(13-15-7-5-6-8-19(15)20-18)14-9-11-16(12-10-14)21-4-2/h5-13H,3-4H2,1-2H3. The van der Waals surface area contributed by atoms with Crippen LogP contribution >= 0.6 is 0 Å². The highest BCUT2D eigenvalue weighted by atomic mass is 16.5. The Kier molecular flexibility index (Phi) is 3.87. The predicted molar refractivity (Wildman–Crippen MR) is 87.7 cm³/mol. The molecule has 0 aliphatic carbocycles. The molecule has 3 rings (SSSR count). The van der Waals surface area contributed by atoms with Crippen molar-refractivity contribution in [2.45, 2.75) is 20.3 Å². The highest BCUT2D eigenvalue weighted by Crippen LogP contribution is 2.28. The molecule has 1 aromatic heterocycles. The lowest BCUT2D eigenvalue weighted by molar-refractivity contribution is 0.340. The number of nitrogens with zero attached hydrogens (tertiary/aromatic N) is 1. The van der Waals surface area contributed by atoms with E-state index in [1.165, 1.54) is 16.5 Å². The average Bonchev–Trinajstić information content (AvgIpc) is 2.54. The van der Waals surface area contributed by atoms with Crippen LogP contribution in [0.1, 0.15) is 19.5 Å². The van der Waals surface area contributed by atoms with Gasteiger partial charge in [-0.05, 0) is 43.2 Å². The van der Waals surface area contributed by atoms with E-state index in [0.717, 1.165) is 23.4 Å². The first kappa shape index (κ1) is 13.6. The van der Waals surface area contributed by atoms with Crippen LogP contribution in [0.25, 0.3) is 22.0 Å². The fourth-order valence-electron chi connectivity index (χ4n) is 2.57. The highest BCUT2D eigenvalue weighted by molar-refractivity contribution is 5.85. The van der Waals surface area contributed by atoms with Gasteiger partial charge in [0.1, 0.15) is 5.75 Å². The van der Waals surface area contributed by atoms with Crippen molar-refractivity contribution in [1.29, 1.82) is 0 Å². The molecule has 0 aliphatic heterocycles. The Hall–Kier alpha value is -2.35. The van der Waals surface area contributed by atoms with Crippen LogP contribution in [-0.4, -0.2) is 11.6 Å². The number of aryl methyl sites for hydroxylation is 1. The summed E-state index contributed by atoms with van der Waals surface area (Å²) < 4.78 is 5.51. The molecule has 0 N–H and O–H groups in total. The molecule has 3 aromatic rings. The van der Waals surface area contributed by atoms with Crippen molar-refractivity contribution in [3.8, 4) is 16.9 Å². The van der Waals surface area contributed by atoms with E-state index in [-0.39, 0.29) is 0 Å². The molecule has 2 heteroatoms. The number of ether oxygens (including phenoxy) is 1. The summed E-state index contributed by atoms with van der Waals surface area (Å²) in [6.45, 7) is 4.84. The first-order valence-electron chi connectivity index (χ1n) is 7.43. The smallest absolute Gasteiger partial charge is 0.119 e. The van der Waals surface area contributed by atoms with Gasteiger partial charge in [-0.15, -0.1) is 0 Å². The quantitative estimate of drug-likeness (QED) is 0.679. The summed E-state index contributed by atoms with van der Waals surface area (Å²) in [6.07, 6.45) is 0.924. The van der Waals surface area contributed by atoms with Gasteiger partial charge in [0.2, 0.25) is 0 Å². The summed E-state index contributed by atoms with van der Waals surface area (Å²) in [7, 11) is 0. The third-order valence-corrected chi connectivity index (χ3v) is 3.61. The van der Waals surface area contributed by atoms with Crippen molar-refractivity contribution in [3.63, 3.8) is 0 Å². The number of benzene rings is 2. The van der Waals surface area contributed by atoms with Crippen LogP contribution in [0.2, 0.25) is 0 Å². The first-order valence-corrected chi connectivity index (χ1v) is 7.43. The maximum atomic E-state index is 5.51. The molecule has 106 valence electrons. The highest BCUT2D eigenvalue weighted by Gasteiger charge is 2.08. The molecule has 2 aromatic carbocycles. The SMILES string of the molecule is CCOc1ccc(-c2cc3ccccc3nc2CC)cc1. The van der Waals surface area contributed by atoms with Gasteiger partial charge in [-0.1, -0.05) is 37.3 Å². The first-order chi connectivity index (χ1) is 10.3. The molecule has 0 amide bonds. The number of aromatic nitrogens is 1. The maximum absolute atomic E-state index is 5.51. The van der Waals surface area contributed by atoms with Gasteiger partial charge < -0.3 is 4.74 Å². The zero-order valence-electron chi connectivity index (χ0n) is 12.5. The number of pyridine rings is 1. The second-order valence-electron chi connectivity index (χ2n) is 4.99. The monoisotopic (exact) mass is 277 g/mol. The molecule has 0 aliphatic rings. The van der Waals surface area contributed by atoms with Crippen LogP contribution in [0.5, 0.6) is 5.75 Å². The molecule has 0 saturated heterocycles. The zero-order valence-corrected chi connectivity index (χ0v) is 12.5. The van der Waals surface area contributed by atoms with Gasteiger partial charge >= 0.3 is 0 Å². The summed E-state index contributed by atoms with van der Waals surface area (Å²) in [5.74, 6) is 0.910. The van der Waals surface area contributed by atoms with Crippen molar-refractivity contribution in [2.75, 3.05) is 6.61 Å². The Bertz CT molecular complexity index is 747. The van der Waals surface area contributed by atoms with Crippen molar-refractivity contribution >= 4 is 10.9 Å². The molecule has 21 heavy (non-hydrogen) atoms. The minimum absolute atomic E-state index is 0.692. The van der Waals surface area contributed by atoms with Crippen LogP contribution in [0.15, 0.2) is 54.6 Å². The molecule has 0 atom stereocenters. The van der Waals surface area contributed by atoms with Crippen LogP contribution in [0.4, 0.5) is 0 Å². The molecule has 1 heterocycles. The van der Waals surface area contributed by atoms with Gasteiger partial charge in [-0.3, -0.25) is 4.98 Å². The van der Waals surface area contributed by atoms with Crippen molar-refractivity contribution in [3.05, 3.63) is 60.3 Å². The van der Waals surface area contributed by atoms with Gasteiger partial charge in [0.15, 0.2) is 0 Å². The average molecular weight is 277 g/mol. The number of rotatable bonds is 4. The molecule has 0 spiro atoms. The van der Waals surface area contributed by atoms with Gasteiger partial charge in [-0.2, -0.15) is 0 Å². The number of para-hydroxylation sites is 1. The predicted octanol–water partition coefficient (Wildman–Crippen LogP) is 4.86. The molecule has 0 radical (unpaired) electrons. The number of fused-ring (bicyclic) bond motifs is 1. The normalized spacial score (nSPS) is 10.8. The Morgan fingerprint density at radius 3 is 2.43 bits per heavy atom. The lowest BCUT2D eigenvalue weighted by Gasteiger charge is -2.10. The number of hydrogen-bond acceptors (Lipinski definition) is 2. The fourth-order valence-corrected chi connectivity index (χ4v) is 2.57. The second-order valence-corrected chi connectivity index (χ2v) is 4.99. The molecule has 0 bridgehead atoms. The molecule has 0 saturated carbocycles. The van der Waals surface area contributed by atoms with E-state index in [2.05, 4.69) is 43.3 Å². The summed E-state index contributed by atoms with van der Waals surface area (Å²) in [5, 5.41) is 1.18. The van der Waals surface area contributed by atoms with E-state index >= 15 is 0 Å². The minimum Gasteiger partial charge on any atom is -0.494 e. The van der Waals surface area contributed by atoms with Crippen LogP contribution in [-0.2, 0) is 6.42 Å². The lowest BCUT2D eigenvalue weighted by Crippen LogP contribution is -1.94. The van der Waals surface area contributed by atoms with E-state index in [4.69, 9.17) is 9.72 Å². The second kappa shape index (κ2) is 5.96. The van der Waals surface area contributed by atoms with Gasteiger partial charge in [0.25, 0.3) is 0 Å². The van der Waals surface area contributed by atoms with E-state index in [1.54, 1.807) is 0 Å². The summed E-state index contributed by atoms with van der Waals surface area (Å²) in [4.78, 5) is 4.80. The van der Waals surface area contributed by atoms with Crippen molar-refractivity contribution in [1.82, 2.24) is 4.98 Å². The van der Waals surface area contributed by atoms with Gasteiger partial charge in [0.05, 0.1) is 12.1 Å². The lowest BCUT2D eigenvalue weighted by atomic mass is 10.00. The Labute approximate surface area is 125 Å². The van der Waals surface area contributed by atoms with Gasteiger partial charge in [-0.25, -0.2) is 0 Å². The number of hydrogen-bond donors (Lipinski definition) is 0. The zero-order chi connectivity index (χ0) is 14.7.